The summed E-state index contributed by atoms with van der Waals surface area (Å²) < 4.78 is 16.2. The minimum Gasteiger partial charge on any atom is -0.493 e. The van der Waals surface area contributed by atoms with Crippen molar-refractivity contribution in [3.05, 3.63) is 57.8 Å². The highest BCUT2D eigenvalue weighted by molar-refractivity contribution is 6.42. The fraction of sp³-hybridized carbons (Fsp3) is 0.211. The Bertz CT molecular complexity index is 903. The molecule has 0 aliphatic heterocycles. The van der Waals surface area contributed by atoms with Crippen molar-refractivity contribution in [2.45, 2.75) is 6.42 Å². The van der Waals surface area contributed by atoms with Crippen LogP contribution in [0.5, 0.6) is 17.2 Å². The lowest BCUT2D eigenvalue weighted by molar-refractivity contribution is 0.324. The number of benzene rings is 2. The van der Waals surface area contributed by atoms with Crippen LogP contribution >= 0.6 is 23.2 Å². The van der Waals surface area contributed by atoms with Crippen molar-refractivity contribution in [3.8, 4) is 17.2 Å². The standard InChI is InChI=1S/C19H17Cl2NO3/c1-23-17-7-11(8-18(24-2)19(17)25-3)6-16-13-10-15(21)14(20)9-12(13)4-5-22-16/h4-5,7-10H,6H2,1-3H3. The fourth-order valence-electron chi connectivity index (χ4n) is 2.80. The number of hydrogen-bond donors (Lipinski definition) is 0. The van der Waals surface area contributed by atoms with E-state index in [4.69, 9.17) is 37.4 Å². The minimum absolute atomic E-state index is 0.508. The molecule has 0 amide bonds. The molecule has 0 aliphatic carbocycles. The summed E-state index contributed by atoms with van der Waals surface area (Å²) in [5.41, 5.74) is 1.88. The Kier molecular flexibility index (Phi) is 5.21. The predicted octanol–water partition coefficient (Wildman–Crippen LogP) is 5.16. The summed E-state index contributed by atoms with van der Waals surface area (Å²) in [7, 11) is 4.77. The van der Waals surface area contributed by atoms with Gasteiger partial charge in [0, 0.05) is 18.0 Å². The maximum atomic E-state index is 6.18. The van der Waals surface area contributed by atoms with Gasteiger partial charge >= 0.3 is 0 Å². The molecule has 130 valence electrons. The van der Waals surface area contributed by atoms with Gasteiger partial charge in [0.2, 0.25) is 5.75 Å². The molecular formula is C19H17Cl2NO3. The number of ether oxygens (including phenoxy) is 3. The normalized spacial score (nSPS) is 10.8. The second-order valence-electron chi connectivity index (χ2n) is 5.46. The molecule has 0 bridgehead atoms. The third-order valence-electron chi connectivity index (χ3n) is 3.98. The second kappa shape index (κ2) is 7.38. The number of nitrogens with zero attached hydrogens (tertiary/aromatic N) is 1. The van der Waals surface area contributed by atoms with E-state index >= 15 is 0 Å². The lowest BCUT2D eigenvalue weighted by atomic mass is 10.0. The number of aromatic nitrogens is 1. The van der Waals surface area contributed by atoms with Gasteiger partial charge in [-0.1, -0.05) is 23.2 Å². The van der Waals surface area contributed by atoms with Crippen LogP contribution in [0.25, 0.3) is 10.8 Å². The van der Waals surface area contributed by atoms with Gasteiger partial charge in [-0.3, -0.25) is 4.98 Å². The SMILES string of the molecule is COc1cc(Cc2nccc3cc(Cl)c(Cl)cc23)cc(OC)c1OC. The quantitative estimate of drug-likeness (QED) is 0.615. The third-order valence-corrected chi connectivity index (χ3v) is 4.71. The van der Waals surface area contributed by atoms with E-state index in [0.29, 0.717) is 33.7 Å². The summed E-state index contributed by atoms with van der Waals surface area (Å²) in [6, 6.07) is 9.44. The summed E-state index contributed by atoms with van der Waals surface area (Å²) in [6.45, 7) is 0. The Morgan fingerprint density at radius 3 is 2.12 bits per heavy atom. The van der Waals surface area contributed by atoms with E-state index < -0.39 is 0 Å². The summed E-state index contributed by atoms with van der Waals surface area (Å²) in [5.74, 6) is 1.78. The topological polar surface area (TPSA) is 40.6 Å². The Morgan fingerprint density at radius 2 is 1.52 bits per heavy atom. The van der Waals surface area contributed by atoms with Crippen molar-refractivity contribution in [2.75, 3.05) is 21.3 Å². The fourth-order valence-corrected chi connectivity index (χ4v) is 3.13. The van der Waals surface area contributed by atoms with Crippen LogP contribution in [0.4, 0.5) is 0 Å². The van der Waals surface area contributed by atoms with Crippen LogP contribution in [0.15, 0.2) is 36.5 Å². The molecule has 0 fully saturated rings. The van der Waals surface area contributed by atoms with E-state index in [0.717, 1.165) is 22.0 Å². The molecule has 0 atom stereocenters. The molecule has 0 saturated heterocycles. The average Bonchev–Trinajstić information content (AvgIpc) is 2.62. The highest BCUT2D eigenvalue weighted by Crippen LogP contribution is 2.39. The van der Waals surface area contributed by atoms with Crippen LogP contribution in [-0.2, 0) is 6.42 Å². The van der Waals surface area contributed by atoms with Gasteiger partial charge in [0.15, 0.2) is 11.5 Å². The predicted molar refractivity (Wildman–Crippen MR) is 101 cm³/mol. The van der Waals surface area contributed by atoms with Crippen molar-refractivity contribution in [1.82, 2.24) is 4.98 Å². The van der Waals surface area contributed by atoms with Crippen molar-refractivity contribution in [3.63, 3.8) is 0 Å². The van der Waals surface area contributed by atoms with Gasteiger partial charge in [0.1, 0.15) is 0 Å². The summed E-state index contributed by atoms with van der Waals surface area (Å²) in [4.78, 5) is 4.51. The van der Waals surface area contributed by atoms with E-state index in [-0.39, 0.29) is 0 Å². The van der Waals surface area contributed by atoms with Gasteiger partial charge in [0.25, 0.3) is 0 Å². The van der Waals surface area contributed by atoms with Gasteiger partial charge < -0.3 is 14.2 Å². The molecule has 0 radical (unpaired) electrons. The van der Waals surface area contributed by atoms with Crippen LogP contribution < -0.4 is 14.2 Å². The third kappa shape index (κ3) is 3.46. The molecule has 3 aromatic rings. The van der Waals surface area contributed by atoms with Crippen molar-refractivity contribution in [2.24, 2.45) is 0 Å². The monoisotopic (exact) mass is 377 g/mol. The molecule has 1 aromatic heterocycles. The molecule has 2 aromatic carbocycles. The first-order chi connectivity index (χ1) is 12.1. The van der Waals surface area contributed by atoms with Crippen LogP contribution in [-0.4, -0.2) is 26.3 Å². The average molecular weight is 378 g/mol. The van der Waals surface area contributed by atoms with Crippen LogP contribution in [0.2, 0.25) is 10.0 Å². The number of fused-ring (bicyclic) bond motifs is 1. The molecule has 0 spiro atoms. The zero-order valence-corrected chi connectivity index (χ0v) is 15.6. The molecule has 3 rings (SSSR count). The molecule has 0 N–H and O–H groups in total. The zero-order chi connectivity index (χ0) is 18.0. The lowest BCUT2D eigenvalue weighted by Gasteiger charge is -2.14. The molecule has 4 nitrogen and oxygen atoms in total. The Labute approximate surface area is 156 Å². The number of rotatable bonds is 5. The zero-order valence-electron chi connectivity index (χ0n) is 14.1. The number of hydrogen-bond acceptors (Lipinski definition) is 4. The molecule has 6 heteroatoms. The number of methoxy groups -OCH3 is 3. The smallest absolute Gasteiger partial charge is 0.203 e. The van der Waals surface area contributed by atoms with Crippen molar-refractivity contribution < 1.29 is 14.2 Å². The Hall–Kier alpha value is -2.17. The first-order valence-corrected chi connectivity index (χ1v) is 8.34. The van der Waals surface area contributed by atoms with E-state index in [9.17, 15) is 0 Å². The van der Waals surface area contributed by atoms with Crippen LogP contribution in [0.1, 0.15) is 11.3 Å². The Balaban J connectivity index is 2.08. The van der Waals surface area contributed by atoms with E-state index in [1.54, 1.807) is 27.5 Å². The first kappa shape index (κ1) is 17.6. The summed E-state index contributed by atoms with van der Waals surface area (Å²) in [5, 5.41) is 2.99. The first-order valence-electron chi connectivity index (χ1n) is 7.59. The number of halogens is 2. The molecular weight excluding hydrogens is 361 g/mol. The molecule has 0 unspecified atom stereocenters. The van der Waals surface area contributed by atoms with E-state index in [1.807, 2.05) is 30.3 Å². The Morgan fingerprint density at radius 1 is 0.880 bits per heavy atom. The second-order valence-corrected chi connectivity index (χ2v) is 6.27. The van der Waals surface area contributed by atoms with Gasteiger partial charge in [0.05, 0.1) is 37.1 Å². The molecule has 25 heavy (non-hydrogen) atoms. The lowest BCUT2D eigenvalue weighted by Crippen LogP contribution is -1.99. The van der Waals surface area contributed by atoms with E-state index in [1.165, 1.54) is 0 Å². The molecule has 1 heterocycles. The van der Waals surface area contributed by atoms with E-state index in [2.05, 4.69) is 4.98 Å². The van der Waals surface area contributed by atoms with Crippen molar-refractivity contribution >= 4 is 34.0 Å². The van der Waals surface area contributed by atoms with Gasteiger partial charge in [-0.2, -0.15) is 0 Å². The molecule has 0 saturated carbocycles. The maximum absolute atomic E-state index is 6.18. The van der Waals surface area contributed by atoms with Gasteiger partial charge in [-0.15, -0.1) is 0 Å². The highest BCUT2D eigenvalue weighted by Gasteiger charge is 2.15. The largest absolute Gasteiger partial charge is 0.493 e. The summed E-state index contributed by atoms with van der Waals surface area (Å²) in [6.07, 6.45) is 2.35. The number of pyridine rings is 1. The highest BCUT2D eigenvalue weighted by atomic mass is 35.5. The minimum atomic E-state index is 0.508. The van der Waals surface area contributed by atoms with Crippen LogP contribution in [0.3, 0.4) is 0 Å². The molecule has 0 aliphatic rings. The van der Waals surface area contributed by atoms with Gasteiger partial charge in [-0.05, 0) is 41.3 Å². The van der Waals surface area contributed by atoms with Gasteiger partial charge in [-0.25, -0.2) is 0 Å². The maximum Gasteiger partial charge on any atom is 0.203 e. The van der Waals surface area contributed by atoms with Crippen LogP contribution in [0, 0.1) is 0 Å². The summed E-state index contributed by atoms with van der Waals surface area (Å²) >= 11 is 12.3. The van der Waals surface area contributed by atoms with Crippen molar-refractivity contribution in [1.29, 1.82) is 0 Å².